The third-order valence-electron chi connectivity index (χ3n) is 2.41. The van der Waals surface area contributed by atoms with Crippen molar-refractivity contribution in [2.45, 2.75) is 17.7 Å². The lowest BCUT2D eigenvalue weighted by Crippen LogP contribution is -2.04. The molecular weight excluding hydrogens is 274 g/mol. The van der Waals surface area contributed by atoms with Gasteiger partial charge in [0.1, 0.15) is 0 Å². The Labute approximate surface area is 102 Å². The molecule has 94 valence electrons. The van der Waals surface area contributed by atoms with Gasteiger partial charge in [-0.1, -0.05) is 0 Å². The molecule has 0 saturated heterocycles. The Morgan fingerprint density at radius 2 is 1.82 bits per heavy atom. The van der Waals surface area contributed by atoms with Crippen molar-refractivity contribution < 1.29 is 21.9 Å². The molecule has 0 atom stereocenters. The van der Waals surface area contributed by atoms with Crippen molar-refractivity contribution in [2.75, 3.05) is 6.61 Å². The minimum atomic E-state index is -4.15. The summed E-state index contributed by atoms with van der Waals surface area (Å²) in [6, 6.07) is 1.29. The molecule has 0 N–H and O–H groups in total. The second-order valence-corrected chi connectivity index (χ2v) is 6.47. The Morgan fingerprint density at radius 1 is 1.29 bits per heavy atom. The van der Waals surface area contributed by atoms with Crippen molar-refractivity contribution in [2.24, 2.45) is 5.92 Å². The van der Waals surface area contributed by atoms with E-state index >= 15 is 0 Å². The molecule has 3 nitrogen and oxygen atoms in total. The number of benzene rings is 1. The Bertz CT molecular complexity index is 517. The highest BCUT2D eigenvalue weighted by Crippen LogP contribution is 2.32. The standard InChI is InChI=1S/C10H9ClF2O3S/c11-17(14,15)7-3-8(12)10(9(13)4-7)16-5-6-1-2-6/h3-4,6H,1-2,5H2. The Kier molecular flexibility index (Phi) is 3.27. The molecule has 1 aliphatic rings. The van der Waals surface area contributed by atoms with Crippen LogP contribution in [0.25, 0.3) is 0 Å². The summed E-state index contributed by atoms with van der Waals surface area (Å²) < 4.78 is 53.7. The van der Waals surface area contributed by atoms with E-state index in [1.54, 1.807) is 0 Å². The van der Waals surface area contributed by atoms with Gasteiger partial charge in [0.05, 0.1) is 11.5 Å². The van der Waals surface area contributed by atoms with Gasteiger partial charge in [-0.3, -0.25) is 0 Å². The first kappa shape index (κ1) is 12.6. The van der Waals surface area contributed by atoms with E-state index in [0.29, 0.717) is 18.1 Å². The summed E-state index contributed by atoms with van der Waals surface area (Å²) in [4.78, 5) is -0.618. The second-order valence-electron chi connectivity index (χ2n) is 3.91. The summed E-state index contributed by atoms with van der Waals surface area (Å²) in [6.45, 7) is 0.237. The van der Waals surface area contributed by atoms with E-state index in [9.17, 15) is 17.2 Å². The van der Waals surface area contributed by atoms with Crippen LogP contribution in [0.4, 0.5) is 8.78 Å². The molecule has 0 radical (unpaired) electrons. The van der Waals surface area contributed by atoms with Crippen molar-refractivity contribution in [1.29, 1.82) is 0 Å². The molecule has 1 aromatic rings. The first-order chi connectivity index (χ1) is 7.88. The van der Waals surface area contributed by atoms with Crippen LogP contribution in [0.5, 0.6) is 5.75 Å². The van der Waals surface area contributed by atoms with Gasteiger partial charge in [-0.25, -0.2) is 17.2 Å². The van der Waals surface area contributed by atoms with Gasteiger partial charge in [-0.2, -0.15) is 0 Å². The molecule has 0 amide bonds. The normalized spacial score (nSPS) is 15.9. The van der Waals surface area contributed by atoms with Gasteiger partial charge in [-0.05, 0) is 30.9 Å². The lowest BCUT2D eigenvalue weighted by atomic mass is 10.3. The molecule has 1 fully saturated rings. The third-order valence-corrected chi connectivity index (χ3v) is 3.75. The number of rotatable bonds is 4. The lowest BCUT2D eigenvalue weighted by Gasteiger charge is -2.08. The van der Waals surface area contributed by atoms with Crippen molar-refractivity contribution in [3.8, 4) is 5.75 Å². The van der Waals surface area contributed by atoms with Gasteiger partial charge < -0.3 is 4.74 Å². The zero-order valence-corrected chi connectivity index (χ0v) is 10.2. The summed E-state index contributed by atoms with van der Waals surface area (Å²) in [5, 5.41) is 0. The molecule has 7 heteroatoms. The van der Waals surface area contributed by atoms with E-state index in [2.05, 4.69) is 0 Å². The molecule has 0 aliphatic heterocycles. The molecule has 0 unspecified atom stereocenters. The van der Waals surface area contributed by atoms with Gasteiger partial charge in [0, 0.05) is 10.7 Å². The number of hydrogen-bond acceptors (Lipinski definition) is 3. The van der Waals surface area contributed by atoms with Crippen molar-refractivity contribution in [3.63, 3.8) is 0 Å². The number of halogens is 3. The SMILES string of the molecule is O=S(=O)(Cl)c1cc(F)c(OCC2CC2)c(F)c1. The summed E-state index contributed by atoms with van der Waals surface area (Å²) in [5.41, 5.74) is 0. The Morgan fingerprint density at radius 3 is 2.24 bits per heavy atom. The quantitative estimate of drug-likeness (QED) is 0.798. The molecule has 0 aromatic heterocycles. The predicted octanol–water partition coefficient (Wildman–Crippen LogP) is 2.68. The fourth-order valence-electron chi connectivity index (χ4n) is 1.30. The van der Waals surface area contributed by atoms with E-state index in [0.717, 1.165) is 12.8 Å². The van der Waals surface area contributed by atoms with Crippen molar-refractivity contribution in [3.05, 3.63) is 23.8 Å². The first-order valence-corrected chi connectivity index (χ1v) is 7.25. The molecule has 1 saturated carbocycles. The van der Waals surface area contributed by atoms with Crippen LogP contribution in [0.3, 0.4) is 0 Å². The molecule has 1 aromatic carbocycles. The lowest BCUT2D eigenvalue weighted by molar-refractivity contribution is 0.269. The van der Waals surface area contributed by atoms with Crippen LogP contribution < -0.4 is 4.74 Å². The summed E-state index contributed by atoms with van der Waals surface area (Å²) in [6.07, 6.45) is 1.97. The van der Waals surface area contributed by atoms with Crippen LogP contribution in [-0.4, -0.2) is 15.0 Å². The summed E-state index contributed by atoms with van der Waals surface area (Å²) >= 11 is 0. The topological polar surface area (TPSA) is 43.4 Å². The fraction of sp³-hybridized carbons (Fsp3) is 0.400. The van der Waals surface area contributed by atoms with Crippen LogP contribution in [0.1, 0.15) is 12.8 Å². The monoisotopic (exact) mass is 282 g/mol. The third kappa shape index (κ3) is 3.07. The van der Waals surface area contributed by atoms with Crippen molar-refractivity contribution >= 4 is 19.7 Å². The largest absolute Gasteiger partial charge is 0.487 e. The van der Waals surface area contributed by atoms with Gasteiger partial charge in [0.15, 0.2) is 17.4 Å². The minimum Gasteiger partial charge on any atom is -0.487 e. The number of ether oxygens (including phenoxy) is 1. The molecule has 2 rings (SSSR count). The second kappa shape index (κ2) is 4.42. The maximum absolute atomic E-state index is 13.4. The summed E-state index contributed by atoms with van der Waals surface area (Å²) in [5.74, 6) is -2.35. The average Bonchev–Trinajstić information content (AvgIpc) is 2.98. The van der Waals surface area contributed by atoms with E-state index < -0.39 is 31.3 Å². The van der Waals surface area contributed by atoms with Crippen molar-refractivity contribution in [1.82, 2.24) is 0 Å². The minimum absolute atomic E-state index is 0.237. The average molecular weight is 283 g/mol. The molecular formula is C10H9ClF2O3S. The van der Waals surface area contributed by atoms with Crippen LogP contribution >= 0.6 is 10.7 Å². The molecule has 0 spiro atoms. The van der Waals surface area contributed by atoms with Crippen LogP contribution in [0.2, 0.25) is 0 Å². The maximum Gasteiger partial charge on any atom is 0.261 e. The first-order valence-electron chi connectivity index (χ1n) is 4.94. The zero-order chi connectivity index (χ0) is 12.6. The van der Waals surface area contributed by atoms with Crippen LogP contribution in [0, 0.1) is 17.6 Å². The highest BCUT2D eigenvalue weighted by molar-refractivity contribution is 8.13. The van der Waals surface area contributed by atoms with E-state index in [-0.39, 0.29) is 6.61 Å². The number of hydrogen-bond donors (Lipinski definition) is 0. The Hall–Kier alpha value is -0.880. The predicted molar refractivity (Wildman–Crippen MR) is 57.6 cm³/mol. The molecule has 17 heavy (non-hydrogen) atoms. The molecule has 0 heterocycles. The fourth-order valence-corrected chi connectivity index (χ4v) is 2.06. The van der Waals surface area contributed by atoms with E-state index in [1.807, 2.05) is 0 Å². The van der Waals surface area contributed by atoms with Gasteiger partial charge in [0.2, 0.25) is 0 Å². The summed E-state index contributed by atoms with van der Waals surface area (Å²) in [7, 11) is 0.844. The van der Waals surface area contributed by atoms with E-state index in [1.165, 1.54) is 0 Å². The zero-order valence-electron chi connectivity index (χ0n) is 8.62. The Balaban J connectivity index is 2.27. The van der Waals surface area contributed by atoms with Gasteiger partial charge in [-0.15, -0.1) is 0 Å². The molecule has 0 bridgehead atoms. The van der Waals surface area contributed by atoms with Gasteiger partial charge in [0.25, 0.3) is 9.05 Å². The smallest absolute Gasteiger partial charge is 0.261 e. The highest BCUT2D eigenvalue weighted by Gasteiger charge is 2.24. The maximum atomic E-state index is 13.4. The highest BCUT2D eigenvalue weighted by atomic mass is 35.7. The van der Waals surface area contributed by atoms with Gasteiger partial charge >= 0.3 is 0 Å². The molecule has 1 aliphatic carbocycles. The van der Waals surface area contributed by atoms with Crippen LogP contribution in [-0.2, 0) is 9.05 Å². The van der Waals surface area contributed by atoms with E-state index in [4.69, 9.17) is 15.4 Å². The van der Waals surface area contributed by atoms with Crippen LogP contribution in [0.15, 0.2) is 17.0 Å².